The predicted octanol–water partition coefficient (Wildman–Crippen LogP) is -0.402. The molecule has 2 N–H and O–H groups in total. The molecule has 2 unspecified atom stereocenters. The minimum atomic E-state index is -0.538. The van der Waals surface area contributed by atoms with Crippen LogP contribution >= 0.6 is 0 Å². The van der Waals surface area contributed by atoms with Crippen molar-refractivity contribution in [2.24, 2.45) is 11.7 Å². The summed E-state index contributed by atoms with van der Waals surface area (Å²) in [6.45, 7) is 2.23. The van der Waals surface area contributed by atoms with Crippen molar-refractivity contribution in [3.8, 4) is 0 Å². The Balaban J connectivity index is 1.96. The van der Waals surface area contributed by atoms with Crippen molar-refractivity contribution in [1.82, 2.24) is 4.90 Å². The second-order valence-electron chi connectivity index (χ2n) is 4.57. The second kappa shape index (κ2) is 5.12. The minimum absolute atomic E-state index is 0.00190. The molecular formula is C11H20N2O3. The van der Waals surface area contributed by atoms with Crippen LogP contribution in [0.3, 0.4) is 0 Å². The quantitative estimate of drug-likeness (QED) is 0.711. The molecule has 1 amide bonds. The Labute approximate surface area is 95.9 Å². The van der Waals surface area contributed by atoms with Gasteiger partial charge >= 0.3 is 0 Å². The fourth-order valence-corrected chi connectivity index (χ4v) is 2.23. The summed E-state index contributed by atoms with van der Waals surface area (Å²) in [6, 6.07) is -0.298. The molecule has 0 aromatic carbocycles. The van der Waals surface area contributed by atoms with Gasteiger partial charge in [-0.05, 0) is 18.8 Å². The highest BCUT2D eigenvalue weighted by Crippen LogP contribution is 2.36. The minimum Gasteiger partial charge on any atom is -0.383 e. The molecule has 92 valence electrons. The lowest BCUT2D eigenvalue weighted by Crippen LogP contribution is -2.55. The van der Waals surface area contributed by atoms with E-state index < -0.39 is 6.04 Å². The van der Waals surface area contributed by atoms with Crippen LogP contribution in [0.25, 0.3) is 0 Å². The summed E-state index contributed by atoms with van der Waals surface area (Å²) in [7, 11) is 1.56. The van der Waals surface area contributed by atoms with Gasteiger partial charge < -0.3 is 20.1 Å². The van der Waals surface area contributed by atoms with E-state index in [-0.39, 0.29) is 18.6 Å². The number of amides is 1. The molecule has 1 aliphatic heterocycles. The lowest BCUT2D eigenvalue weighted by atomic mass is 10.1. The van der Waals surface area contributed by atoms with Gasteiger partial charge in [-0.15, -0.1) is 0 Å². The molecule has 0 aromatic heterocycles. The van der Waals surface area contributed by atoms with Gasteiger partial charge in [0.1, 0.15) is 6.04 Å². The number of methoxy groups -OCH3 is 1. The summed E-state index contributed by atoms with van der Waals surface area (Å²) in [4.78, 5) is 14.0. The van der Waals surface area contributed by atoms with Crippen molar-refractivity contribution in [1.29, 1.82) is 0 Å². The van der Waals surface area contributed by atoms with Gasteiger partial charge in [0.2, 0.25) is 5.91 Å². The van der Waals surface area contributed by atoms with Crippen LogP contribution in [0, 0.1) is 5.92 Å². The Bertz CT molecular complexity index is 256. The molecule has 2 aliphatic rings. The molecule has 2 fully saturated rings. The molecule has 1 saturated heterocycles. The van der Waals surface area contributed by atoms with Gasteiger partial charge in [-0.25, -0.2) is 0 Å². The van der Waals surface area contributed by atoms with Gasteiger partial charge in [0.25, 0.3) is 0 Å². The first kappa shape index (κ1) is 11.8. The number of ether oxygens (including phenoxy) is 2. The second-order valence-corrected chi connectivity index (χ2v) is 4.57. The van der Waals surface area contributed by atoms with E-state index in [1.54, 1.807) is 7.11 Å². The molecule has 2 atom stereocenters. The number of hydrogen-bond acceptors (Lipinski definition) is 4. The largest absolute Gasteiger partial charge is 0.383 e. The maximum atomic E-state index is 12.1. The van der Waals surface area contributed by atoms with Gasteiger partial charge in [-0.1, -0.05) is 0 Å². The number of rotatable bonds is 4. The van der Waals surface area contributed by atoms with E-state index in [2.05, 4.69) is 0 Å². The topological polar surface area (TPSA) is 64.8 Å². The predicted molar refractivity (Wildman–Crippen MR) is 58.9 cm³/mol. The monoisotopic (exact) mass is 228 g/mol. The van der Waals surface area contributed by atoms with Crippen LogP contribution in [0.5, 0.6) is 0 Å². The summed E-state index contributed by atoms with van der Waals surface area (Å²) in [6.07, 6.45) is 2.41. The molecule has 0 radical (unpaired) electrons. The number of nitrogens with two attached hydrogens (primary N) is 1. The van der Waals surface area contributed by atoms with Crippen molar-refractivity contribution in [2.75, 3.05) is 33.5 Å². The zero-order valence-electron chi connectivity index (χ0n) is 9.72. The van der Waals surface area contributed by atoms with E-state index in [1.807, 2.05) is 4.90 Å². The fourth-order valence-electron chi connectivity index (χ4n) is 2.23. The Morgan fingerprint density at radius 2 is 2.38 bits per heavy atom. The molecule has 1 aliphatic carbocycles. The Morgan fingerprint density at radius 3 is 3.00 bits per heavy atom. The molecule has 0 bridgehead atoms. The van der Waals surface area contributed by atoms with Gasteiger partial charge in [0.15, 0.2) is 0 Å². The van der Waals surface area contributed by atoms with Gasteiger partial charge in [0.05, 0.1) is 25.9 Å². The third-order valence-electron chi connectivity index (χ3n) is 3.28. The van der Waals surface area contributed by atoms with Crippen LogP contribution < -0.4 is 5.73 Å². The molecule has 1 heterocycles. The van der Waals surface area contributed by atoms with Crippen molar-refractivity contribution in [3.05, 3.63) is 0 Å². The van der Waals surface area contributed by atoms with E-state index in [4.69, 9.17) is 15.2 Å². The van der Waals surface area contributed by atoms with Gasteiger partial charge in [0, 0.05) is 13.7 Å². The lowest BCUT2D eigenvalue weighted by molar-refractivity contribution is -0.143. The zero-order valence-corrected chi connectivity index (χ0v) is 9.72. The number of hydrogen-bond donors (Lipinski definition) is 1. The van der Waals surface area contributed by atoms with Crippen LogP contribution in [0.1, 0.15) is 12.8 Å². The van der Waals surface area contributed by atoms with Crippen LogP contribution in [0.15, 0.2) is 0 Å². The number of carbonyl (C=O) groups is 1. The smallest absolute Gasteiger partial charge is 0.242 e. The molecule has 2 rings (SSSR count). The van der Waals surface area contributed by atoms with Crippen molar-refractivity contribution < 1.29 is 14.3 Å². The van der Waals surface area contributed by atoms with Gasteiger partial charge in [-0.3, -0.25) is 4.79 Å². The van der Waals surface area contributed by atoms with Crippen LogP contribution in [0.4, 0.5) is 0 Å². The van der Waals surface area contributed by atoms with E-state index in [1.165, 1.54) is 12.8 Å². The first-order chi connectivity index (χ1) is 7.74. The molecular weight excluding hydrogens is 208 g/mol. The van der Waals surface area contributed by atoms with Crippen LogP contribution in [-0.2, 0) is 14.3 Å². The number of carbonyl (C=O) groups excluding carboxylic acids is 1. The zero-order chi connectivity index (χ0) is 11.5. The van der Waals surface area contributed by atoms with E-state index in [9.17, 15) is 4.79 Å². The summed E-state index contributed by atoms with van der Waals surface area (Å²) in [5, 5.41) is 0. The maximum Gasteiger partial charge on any atom is 0.242 e. The highest BCUT2D eigenvalue weighted by molar-refractivity contribution is 5.82. The summed E-state index contributed by atoms with van der Waals surface area (Å²) in [5.41, 5.74) is 5.78. The third-order valence-corrected chi connectivity index (χ3v) is 3.28. The normalized spacial score (nSPS) is 27.9. The third kappa shape index (κ3) is 2.53. The standard InChI is InChI=1S/C11H20N2O3/c1-15-6-9(12)11(14)13-4-5-16-7-10(13)8-2-3-8/h8-10H,2-7,12H2,1H3. The molecule has 5 heteroatoms. The lowest BCUT2D eigenvalue weighted by Gasteiger charge is -2.37. The average Bonchev–Trinajstić information content (AvgIpc) is 3.12. The SMILES string of the molecule is COCC(N)C(=O)N1CCOCC1C1CC1. The highest BCUT2D eigenvalue weighted by atomic mass is 16.5. The van der Waals surface area contributed by atoms with Gasteiger partial charge in [-0.2, -0.15) is 0 Å². The van der Waals surface area contributed by atoms with Crippen LogP contribution in [0.2, 0.25) is 0 Å². The number of nitrogens with zero attached hydrogens (tertiary/aromatic N) is 1. The molecule has 0 aromatic rings. The van der Waals surface area contributed by atoms with E-state index >= 15 is 0 Å². The summed E-state index contributed by atoms with van der Waals surface area (Å²) < 4.78 is 10.4. The number of morpholine rings is 1. The Hall–Kier alpha value is -0.650. The molecule has 0 spiro atoms. The van der Waals surface area contributed by atoms with Crippen molar-refractivity contribution in [2.45, 2.75) is 24.9 Å². The average molecular weight is 228 g/mol. The maximum absolute atomic E-state index is 12.1. The first-order valence-corrected chi connectivity index (χ1v) is 5.86. The fraction of sp³-hybridized carbons (Fsp3) is 0.909. The summed E-state index contributed by atoms with van der Waals surface area (Å²) >= 11 is 0. The summed E-state index contributed by atoms with van der Waals surface area (Å²) in [5.74, 6) is 0.626. The Morgan fingerprint density at radius 1 is 1.62 bits per heavy atom. The highest BCUT2D eigenvalue weighted by Gasteiger charge is 2.40. The van der Waals surface area contributed by atoms with E-state index in [0.717, 1.165) is 0 Å². The van der Waals surface area contributed by atoms with Crippen molar-refractivity contribution >= 4 is 5.91 Å². The van der Waals surface area contributed by atoms with E-state index in [0.29, 0.717) is 25.7 Å². The Kier molecular flexibility index (Phi) is 3.78. The van der Waals surface area contributed by atoms with Crippen LogP contribution in [-0.4, -0.2) is 56.4 Å². The first-order valence-electron chi connectivity index (χ1n) is 5.86. The molecule has 5 nitrogen and oxygen atoms in total. The molecule has 16 heavy (non-hydrogen) atoms. The molecule has 1 saturated carbocycles. The van der Waals surface area contributed by atoms with Crippen molar-refractivity contribution in [3.63, 3.8) is 0 Å².